The third kappa shape index (κ3) is 3.62. The van der Waals surface area contributed by atoms with Crippen LogP contribution >= 0.6 is 0 Å². The van der Waals surface area contributed by atoms with Crippen molar-refractivity contribution >= 4 is 37.3 Å². The number of hydrogen-bond donors (Lipinski definition) is 1. The van der Waals surface area contributed by atoms with Crippen molar-refractivity contribution in [2.45, 2.75) is 18.2 Å². The Morgan fingerprint density at radius 3 is 2.48 bits per heavy atom. The van der Waals surface area contributed by atoms with E-state index in [0.29, 0.717) is 15.6 Å². The van der Waals surface area contributed by atoms with Gasteiger partial charge in [0.2, 0.25) is 15.9 Å². The van der Waals surface area contributed by atoms with Gasteiger partial charge in [0.05, 0.1) is 29.1 Å². The molecule has 2 aromatic rings. The van der Waals surface area contributed by atoms with Crippen LogP contribution in [0.1, 0.15) is 12.0 Å². The van der Waals surface area contributed by atoms with Crippen molar-refractivity contribution in [2.24, 2.45) is 0 Å². The summed E-state index contributed by atoms with van der Waals surface area (Å²) in [6.45, 7) is 1.58. The van der Waals surface area contributed by atoms with E-state index in [4.69, 9.17) is 4.74 Å². The first-order valence-electron chi connectivity index (χ1n) is 7.98. The highest BCUT2D eigenvalue weighted by Crippen LogP contribution is 2.31. The topological polar surface area (TPSA) is 110 Å². The largest absolute Gasteiger partial charge is 0.495 e. The highest BCUT2D eigenvalue weighted by Gasteiger charge is 2.37. The van der Waals surface area contributed by atoms with E-state index in [-0.39, 0.29) is 28.4 Å². The van der Waals surface area contributed by atoms with E-state index in [1.807, 2.05) is 0 Å². The number of methoxy groups -OCH3 is 1. The molecule has 3 rings (SSSR count). The van der Waals surface area contributed by atoms with E-state index in [0.717, 1.165) is 0 Å². The first-order valence-corrected chi connectivity index (χ1v) is 11.1. The van der Waals surface area contributed by atoms with E-state index in [1.165, 1.54) is 25.3 Å². The summed E-state index contributed by atoms with van der Waals surface area (Å²) in [6, 6.07) is 10.6. The van der Waals surface area contributed by atoms with Gasteiger partial charge < -0.3 is 4.74 Å². The van der Waals surface area contributed by atoms with Crippen molar-refractivity contribution in [3.05, 3.63) is 48.0 Å². The molecule has 1 aliphatic rings. The third-order valence-electron chi connectivity index (χ3n) is 4.13. The Bertz CT molecular complexity index is 1110. The van der Waals surface area contributed by atoms with Gasteiger partial charge >= 0.3 is 0 Å². The number of ether oxygens (including phenoxy) is 1. The molecule has 1 saturated heterocycles. The van der Waals surface area contributed by atoms with Crippen LogP contribution in [0.5, 0.6) is 5.75 Å². The third-order valence-corrected chi connectivity index (χ3v) is 7.32. The fourth-order valence-electron chi connectivity index (χ4n) is 2.80. The summed E-state index contributed by atoms with van der Waals surface area (Å²) in [4.78, 5) is 11.9. The van der Waals surface area contributed by atoms with Crippen molar-refractivity contribution in [1.82, 2.24) is 0 Å². The minimum atomic E-state index is -4.05. The number of carbonyl (C=O) groups excluding carboxylic acids is 1. The fraction of sp³-hybridized carbons (Fsp3) is 0.235. The van der Waals surface area contributed by atoms with Gasteiger partial charge in [0.15, 0.2) is 0 Å². The lowest BCUT2D eigenvalue weighted by molar-refractivity contribution is -0.116. The zero-order chi connectivity index (χ0) is 19.8. The quantitative estimate of drug-likeness (QED) is 0.806. The summed E-state index contributed by atoms with van der Waals surface area (Å²) in [5.41, 5.74) is 0.656. The van der Waals surface area contributed by atoms with Crippen molar-refractivity contribution in [1.29, 1.82) is 0 Å². The number of hydrogen-bond acceptors (Lipinski definition) is 6. The number of carbonyl (C=O) groups is 1. The van der Waals surface area contributed by atoms with Crippen molar-refractivity contribution in [3.63, 3.8) is 0 Å². The van der Waals surface area contributed by atoms with Crippen LogP contribution < -0.4 is 13.8 Å². The van der Waals surface area contributed by atoms with Gasteiger partial charge in [-0.25, -0.2) is 21.1 Å². The molecular formula is C17H18N2O6S2. The van der Waals surface area contributed by atoms with Gasteiger partial charge in [-0.3, -0.25) is 9.52 Å². The molecule has 0 unspecified atom stereocenters. The molecule has 0 saturated carbocycles. The molecule has 1 amide bonds. The number of rotatable bonds is 5. The van der Waals surface area contributed by atoms with Gasteiger partial charge in [-0.05, 0) is 36.8 Å². The highest BCUT2D eigenvalue weighted by molar-refractivity contribution is 7.94. The average Bonchev–Trinajstić information content (AvgIpc) is 2.88. The number of para-hydroxylation sites is 2. The average molecular weight is 410 g/mol. The SMILES string of the molecule is COc1ccccc1NS(=O)(=O)c1cc(N2C(=O)CCS2(=O)=O)ccc1C. The Balaban J connectivity index is 2.05. The molecule has 10 heteroatoms. The van der Waals surface area contributed by atoms with Gasteiger partial charge in [-0.1, -0.05) is 18.2 Å². The lowest BCUT2D eigenvalue weighted by Crippen LogP contribution is -2.29. The lowest BCUT2D eigenvalue weighted by Gasteiger charge is -2.18. The van der Waals surface area contributed by atoms with Gasteiger partial charge in [0, 0.05) is 6.42 Å². The number of nitrogens with zero attached hydrogens (tertiary/aromatic N) is 1. The first-order chi connectivity index (χ1) is 12.7. The number of anilines is 2. The van der Waals surface area contributed by atoms with E-state index in [9.17, 15) is 21.6 Å². The molecule has 0 spiro atoms. The molecule has 1 heterocycles. The molecule has 144 valence electrons. The van der Waals surface area contributed by atoms with Crippen LogP contribution in [-0.2, 0) is 24.8 Å². The highest BCUT2D eigenvalue weighted by atomic mass is 32.2. The second-order valence-corrected chi connectivity index (χ2v) is 9.57. The maximum atomic E-state index is 12.9. The Morgan fingerprint density at radius 2 is 1.85 bits per heavy atom. The van der Waals surface area contributed by atoms with Crippen LogP contribution in [0.2, 0.25) is 0 Å². The van der Waals surface area contributed by atoms with E-state index >= 15 is 0 Å². The Labute approximate surface area is 157 Å². The summed E-state index contributed by atoms with van der Waals surface area (Å²) >= 11 is 0. The predicted octanol–water partition coefficient (Wildman–Crippen LogP) is 1.87. The molecule has 0 aromatic heterocycles. The first kappa shape index (κ1) is 19.2. The predicted molar refractivity (Wildman–Crippen MR) is 101 cm³/mol. The maximum absolute atomic E-state index is 12.9. The second kappa shape index (κ2) is 6.86. The zero-order valence-corrected chi connectivity index (χ0v) is 16.3. The molecule has 1 aliphatic heterocycles. The fourth-order valence-corrected chi connectivity index (χ4v) is 5.59. The molecule has 1 fully saturated rings. The smallest absolute Gasteiger partial charge is 0.262 e. The van der Waals surface area contributed by atoms with Gasteiger partial charge in [0.25, 0.3) is 10.0 Å². The molecule has 2 aromatic carbocycles. The molecule has 27 heavy (non-hydrogen) atoms. The molecule has 1 N–H and O–H groups in total. The van der Waals surface area contributed by atoms with Gasteiger partial charge in [-0.2, -0.15) is 0 Å². The summed E-state index contributed by atoms with van der Waals surface area (Å²) in [6.07, 6.45) is -0.127. The van der Waals surface area contributed by atoms with Crippen molar-refractivity contribution in [2.75, 3.05) is 21.9 Å². The minimum absolute atomic E-state index is 0.00324. The number of nitrogens with one attached hydrogen (secondary N) is 1. The van der Waals surface area contributed by atoms with Crippen LogP contribution in [0.25, 0.3) is 0 Å². The number of sulfonamides is 2. The van der Waals surface area contributed by atoms with E-state index in [1.54, 1.807) is 31.2 Å². The molecule has 0 aliphatic carbocycles. The monoisotopic (exact) mass is 410 g/mol. The minimum Gasteiger partial charge on any atom is -0.495 e. The van der Waals surface area contributed by atoms with Gasteiger partial charge in [0.1, 0.15) is 5.75 Å². The molecule has 8 nitrogen and oxygen atoms in total. The normalized spacial score (nSPS) is 16.4. The van der Waals surface area contributed by atoms with Crippen molar-refractivity contribution in [3.8, 4) is 5.75 Å². The summed E-state index contributed by atoms with van der Waals surface area (Å²) < 4.78 is 58.2. The number of aryl methyl sites for hydroxylation is 1. The number of benzene rings is 2. The number of amides is 1. The Kier molecular flexibility index (Phi) is 4.87. The van der Waals surface area contributed by atoms with Crippen LogP contribution in [0, 0.1) is 6.92 Å². The Hall–Kier alpha value is -2.59. The van der Waals surface area contributed by atoms with Gasteiger partial charge in [-0.15, -0.1) is 0 Å². The van der Waals surface area contributed by atoms with Crippen LogP contribution in [0.15, 0.2) is 47.4 Å². The zero-order valence-electron chi connectivity index (χ0n) is 14.7. The molecule has 0 atom stereocenters. The lowest BCUT2D eigenvalue weighted by atomic mass is 10.2. The second-order valence-electron chi connectivity index (χ2n) is 5.98. The van der Waals surface area contributed by atoms with E-state index < -0.39 is 26.0 Å². The van der Waals surface area contributed by atoms with Crippen LogP contribution in [-0.4, -0.2) is 35.6 Å². The Morgan fingerprint density at radius 1 is 1.15 bits per heavy atom. The molecule has 0 radical (unpaired) electrons. The summed E-state index contributed by atoms with van der Waals surface area (Å²) in [5.74, 6) is -0.534. The van der Waals surface area contributed by atoms with Crippen molar-refractivity contribution < 1.29 is 26.4 Å². The van der Waals surface area contributed by atoms with E-state index in [2.05, 4.69) is 4.72 Å². The van der Waals surface area contributed by atoms with Crippen LogP contribution in [0.3, 0.4) is 0 Å². The standard InChI is InChI=1S/C17H18N2O6S2/c1-12-7-8-13(19-17(20)9-10-26(19,21)22)11-16(12)27(23,24)18-14-5-3-4-6-15(14)25-2/h3-8,11,18H,9-10H2,1-2H3. The molecule has 0 bridgehead atoms. The maximum Gasteiger partial charge on any atom is 0.262 e. The summed E-state index contributed by atoms with van der Waals surface area (Å²) in [7, 11) is -6.41. The summed E-state index contributed by atoms with van der Waals surface area (Å²) in [5, 5.41) is 0. The molecular weight excluding hydrogens is 392 g/mol. The van der Waals surface area contributed by atoms with Crippen LogP contribution in [0.4, 0.5) is 11.4 Å².